The molecule has 1 aromatic carbocycles. The number of thiocarbonyl (C=S) groups is 1. The molecule has 0 bridgehead atoms. The Morgan fingerprint density at radius 3 is 2.60 bits per heavy atom. The smallest absolute Gasteiger partial charge is 0.170 e. The minimum absolute atomic E-state index is 0.622. The molecule has 2 rings (SSSR count). The maximum atomic E-state index is 5.23. The number of benzene rings is 1. The van der Waals surface area contributed by atoms with E-state index in [4.69, 9.17) is 12.2 Å². The normalized spacial score (nSPS) is 9.85. The zero-order valence-electron chi connectivity index (χ0n) is 11.4. The molecule has 0 fully saturated rings. The largest absolute Gasteiger partial charge is 0.368 e. The first-order valence-corrected chi connectivity index (χ1v) is 6.91. The lowest BCUT2D eigenvalue weighted by Crippen LogP contribution is -2.32. The van der Waals surface area contributed by atoms with Gasteiger partial charge in [-0.15, -0.1) is 0 Å². The number of anilines is 2. The van der Waals surface area contributed by atoms with Gasteiger partial charge in [0.1, 0.15) is 5.82 Å². The molecule has 5 heteroatoms. The molecule has 1 aromatic heterocycles. The number of aryl methyl sites for hydroxylation is 1. The maximum absolute atomic E-state index is 5.23. The summed E-state index contributed by atoms with van der Waals surface area (Å²) in [5.41, 5.74) is 2.22. The van der Waals surface area contributed by atoms with Gasteiger partial charge in [0.15, 0.2) is 5.11 Å². The van der Waals surface area contributed by atoms with E-state index in [1.807, 2.05) is 42.5 Å². The second kappa shape index (κ2) is 7.45. The molecule has 1 heterocycles. The summed E-state index contributed by atoms with van der Waals surface area (Å²) in [6, 6.07) is 13.9. The fraction of sp³-hybridized carbons (Fsp3) is 0.200. The molecule has 2 aromatic rings. The van der Waals surface area contributed by atoms with E-state index < -0.39 is 0 Å². The van der Waals surface area contributed by atoms with Gasteiger partial charge >= 0.3 is 0 Å². The minimum Gasteiger partial charge on any atom is -0.368 e. The summed E-state index contributed by atoms with van der Waals surface area (Å²) in [4.78, 5) is 4.18. The van der Waals surface area contributed by atoms with E-state index in [1.54, 1.807) is 6.20 Å². The van der Waals surface area contributed by atoms with Crippen molar-refractivity contribution in [1.29, 1.82) is 0 Å². The molecule has 3 N–H and O–H groups in total. The second-order valence-electron chi connectivity index (χ2n) is 4.39. The minimum atomic E-state index is 0.622. The van der Waals surface area contributed by atoms with Crippen molar-refractivity contribution in [2.45, 2.75) is 6.92 Å². The van der Waals surface area contributed by atoms with Gasteiger partial charge in [-0.05, 0) is 43.4 Å². The summed E-state index contributed by atoms with van der Waals surface area (Å²) in [6.45, 7) is 3.55. The molecule has 0 saturated carbocycles. The maximum Gasteiger partial charge on any atom is 0.170 e. The SMILES string of the molecule is Cc1ccc(NC(=S)NCCNc2ccccn2)cc1. The summed E-state index contributed by atoms with van der Waals surface area (Å²) in [7, 11) is 0. The fourth-order valence-corrected chi connectivity index (χ4v) is 1.87. The Morgan fingerprint density at radius 1 is 1.10 bits per heavy atom. The monoisotopic (exact) mass is 286 g/mol. The van der Waals surface area contributed by atoms with Crippen LogP contribution in [-0.4, -0.2) is 23.2 Å². The Bertz CT molecular complexity index is 540. The molecule has 0 amide bonds. The van der Waals surface area contributed by atoms with E-state index in [0.29, 0.717) is 5.11 Å². The van der Waals surface area contributed by atoms with Gasteiger partial charge in [0.25, 0.3) is 0 Å². The molecular weight excluding hydrogens is 268 g/mol. The molecule has 4 nitrogen and oxygen atoms in total. The van der Waals surface area contributed by atoms with Crippen molar-refractivity contribution in [2.75, 3.05) is 23.7 Å². The molecule has 104 valence electrons. The van der Waals surface area contributed by atoms with Gasteiger partial charge in [0.2, 0.25) is 0 Å². The van der Waals surface area contributed by atoms with E-state index in [-0.39, 0.29) is 0 Å². The topological polar surface area (TPSA) is 49.0 Å². The molecular formula is C15H18N4S. The van der Waals surface area contributed by atoms with E-state index >= 15 is 0 Å². The lowest BCUT2D eigenvalue weighted by molar-refractivity contribution is 0.910. The summed E-state index contributed by atoms with van der Waals surface area (Å²) < 4.78 is 0. The van der Waals surface area contributed by atoms with Crippen LogP contribution in [0.1, 0.15) is 5.56 Å². The van der Waals surface area contributed by atoms with Crippen LogP contribution in [0.4, 0.5) is 11.5 Å². The van der Waals surface area contributed by atoms with E-state index in [0.717, 1.165) is 24.6 Å². The zero-order valence-corrected chi connectivity index (χ0v) is 12.2. The molecule has 0 radical (unpaired) electrons. The van der Waals surface area contributed by atoms with Crippen LogP contribution in [0.5, 0.6) is 0 Å². The van der Waals surface area contributed by atoms with E-state index in [9.17, 15) is 0 Å². The molecule has 0 aliphatic rings. The Morgan fingerprint density at radius 2 is 1.90 bits per heavy atom. The van der Waals surface area contributed by atoms with Crippen LogP contribution < -0.4 is 16.0 Å². The van der Waals surface area contributed by atoms with Crippen LogP contribution >= 0.6 is 12.2 Å². The Labute approximate surface area is 124 Å². The predicted molar refractivity (Wildman–Crippen MR) is 88.1 cm³/mol. The number of hydrogen-bond donors (Lipinski definition) is 3. The van der Waals surface area contributed by atoms with Gasteiger partial charge in [-0.25, -0.2) is 4.98 Å². The number of pyridine rings is 1. The summed E-state index contributed by atoms with van der Waals surface area (Å²) in [6.07, 6.45) is 1.76. The fourth-order valence-electron chi connectivity index (χ4n) is 1.65. The van der Waals surface area contributed by atoms with Crippen LogP contribution in [0.15, 0.2) is 48.7 Å². The molecule has 0 aliphatic carbocycles. The van der Waals surface area contributed by atoms with Crippen molar-refractivity contribution in [2.24, 2.45) is 0 Å². The third-order valence-corrected chi connectivity index (χ3v) is 2.94. The first-order chi connectivity index (χ1) is 9.74. The van der Waals surface area contributed by atoms with Crippen molar-refractivity contribution in [3.8, 4) is 0 Å². The first-order valence-electron chi connectivity index (χ1n) is 6.50. The Balaban J connectivity index is 1.66. The van der Waals surface area contributed by atoms with Gasteiger partial charge in [-0.2, -0.15) is 0 Å². The van der Waals surface area contributed by atoms with Gasteiger partial charge in [-0.1, -0.05) is 23.8 Å². The summed E-state index contributed by atoms with van der Waals surface area (Å²) >= 11 is 5.23. The quantitative estimate of drug-likeness (QED) is 0.583. The highest BCUT2D eigenvalue weighted by molar-refractivity contribution is 7.80. The molecule has 0 atom stereocenters. The van der Waals surface area contributed by atoms with Crippen LogP contribution in [-0.2, 0) is 0 Å². The average molecular weight is 286 g/mol. The first kappa shape index (κ1) is 14.3. The number of hydrogen-bond acceptors (Lipinski definition) is 3. The second-order valence-corrected chi connectivity index (χ2v) is 4.80. The van der Waals surface area contributed by atoms with Crippen molar-refractivity contribution < 1.29 is 0 Å². The van der Waals surface area contributed by atoms with Crippen LogP contribution in [0, 0.1) is 6.92 Å². The molecule has 0 saturated heterocycles. The molecule has 0 spiro atoms. The van der Waals surface area contributed by atoms with Gasteiger partial charge < -0.3 is 16.0 Å². The number of aromatic nitrogens is 1. The molecule has 20 heavy (non-hydrogen) atoms. The highest BCUT2D eigenvalue weighted by atomic mass is 32.1. The Kier molecular flexibility index (Phi) is 5.32. The van der Waals surface area contributed by atoms with Crippen LogP contribution in [0.3, 0.4) is 0 Å². The molecule has 0 unspecified atom stereocenters. The molecule has 0 aliphatic heterocycles. The average Bonchev–Trinajstić information content (AvgIpc) is 2.47. The van der Waals surface area contributed by atoms with Crippen LogP contribution in [0.2, 0.25) is 0 Å². The van der Waals surface area contributed by atoms with Crippen LogP contribution in [0.25, 0.3) is 0 Å². The van der Waals surface area contributed by atoms with Gasteiger partial charge in [0.05, 0.1) is 0 Å². The third-order valence-electron chi connectivity index (χ3n) is 2.69. The predicted octanol–water partition coefficient (Wildman–Crippen LogP) is 2.79. The zero-order chi connectivity index (χ0) is 14.2. The summed E-state index contributed by atoms with van der Waals surface area (Å²) in [5, 5.41) is 10.1. The third kappa shape index (κ3) is 4.85. The van der Waals surface area contributed by atoms with E-state index in [1.165, 1.54) is 5.56 Å². The number of nitrogens with zero attached hydrogens (tertiary/aromatic N) is 1. The highest BCUT2D eigenvalue weighted by Gasteiger charge is 1.97. The number of nitrogens with one attached hydrogen (secondary N) is 3. The standard InChI is InChI=1S/C15H18N4S/c1-12-5-7-13(8-6-12)19-15(20)18-11-10-17-14-4-2-3-9-16-14/h2-9H,10-11H2,1H3,(H,16,17)(H2,18,19,20). The number of rotatable bonds is 5. The van der Waals surface area contributed by atoms with Crippen molar-refractivity contribution in [3.63, 3.8) is 0 Å². The van der Waals surface area contributed by atoms with Crippen molar-refractivity contribution in [1.82, 2.24) is 10.3 Å². The Hall–Kier alpha value is -2.14. The lowest BCUT2D eigenvalue weighted by atomic mass is 10.2. The lowest BCUT2D eigenvalue weighted by Gasteiger charge is -2.11. The van der Waals surface area contributed by atoms with Gasteiger partial charge in [-0.3, -0.25) is 0 Å². The highest BCUT2D eigenvalue weighted by Crippen LogP contribution is 2.08. The summed E-state index contributed by atoms with van der Waals surface area (Å²) in [5.74, 6) is 0.867. The van der Waals surface area contributed by atoms with Crippen molar-refractivity contribution >= 4 is 28.8 Å². The van der Waals surface area contributed by atoms with E-state index in [2.05, 4.69) is 27.9 Å². The van der Waals surface area contributed by atoms with Crippen molar-refractivity contribution in [3.05, 3.63) is 54.2 Å². The van der Waals surface area contributed by atoms with Gasteiger partial charge in [0, 0.05) is 25.0 Å².